The molecule has 1 saturated heterocycles. The zero-order valence-electron chi connectivity index (χ0n) is 11.5. The van der Waals surface area contributed by atoms with E-state index in [9.17, 15) is 14.7 Å². The Balaban J connectivity index is 1.85. The van der Waals surface area contributed by atoms with Crippen LogP contribution in [0.15, 0.2) is 0 Å². The smallest absolute Gasteiger partial charge is 0.310 e. The van der Waals surface area contributed by atoms with Gasteiger partial charge in [-0.25, -0.2) is 0 Å². The lowest BCUT2D eigenvalue weighted by molar-refractivity contribution is -0.151. The molecule has 2 rings (SSSR count). The van der Waals surface area contributed by atoms with Gasteiger partial charge in [0.15, 0.2) is 0 Å². The van der Waals surface area contributed by atoms with E-state index in [2.05, 4.69) is 12.2 Å². The highest BCUT2D eigenvalue weighted by atomic mass is 32.2. The third-order valence-electron chi connectivity index (χ3n) is 4.47. The van der Waals surface area contributed by atoms with Crippen molar-refractivity contribution in [2.45, 2.75) is 56.6 Å². The first-order chi connectivity index (χ1) is 8.96. The molecule has 1 amide bonds. The van der Waals surface area contributed by atoms with Crippen LogP contribution in [-0.4, -0.2) is 34.0 Å². The maximum absolute atomic E-state index is 12.0. The van der Waals surface area contributed by atoms with E-state index in [0.717, 1.165) is 25.0 Å². The van der Waals surface area contributed by atoms with E-state index in [4.69, 9.17) is 0 Å². The second-order valence-corrected chi connectivity index (χ2v) is 7.83. The third-order valence-corrected chi connectivity index (χ3v) is 6.01. The van der Waals surface area contributed by atoms with Crippen molar-refractivity contribution < 1.29 is 14.7 Å². The van der Waals surface area contributed by atoms with Gasteiger partial charge in [-0.1, -0.05) is 12.8 Å². The highest BCUT2D eigenvalue weighted by Gasteiger charge is 2.43. The number of rotatable bonds is 5. The quantitative estimate of drug-likeness (QED) is 0.814. The average molecular weight is 285 g/mol. The molecule has 108 valence electrons. The molecule has 1 atom stereocenters. The first-order valence-electron chi connectivity index (χ1n) is 7.10. The van der Waals surface area contributed by atoms with Gasteiger partial charge in [0.2, 0.25) is 5.91 Å². The Morgan fingerprint density at radius 3 is 2.42 bits per heavy atom. The summed E-state index contributed by atoms with van der Waals surface area (Å²) in [7, 11) is 0. The Labute approximate surface area is 118 Å². The predicted octanol–water partition coefficient (Wildman–Crippen LogP) is 2.42. The number of nitrogens with one attached hydrogen (secondary N) is 1. The minimum absolute atomic E-state index is 0.0991. The van der Waals surface area contributed by atoms with Gasteiger partial charge in [0.05, 0.1) is 5.41 Å². The molecular formula is C14H23NO3S. The van der Waals surface area contributed by atoms with Gasteiger partial charge in [-0.3, -0.25) is 9.59 Å². The number of hydrogen-bond acceptors (Lipinski definition) is 3. The van der Waals surface area contributed by atoms with Gasteiger partial charge in [0.25, 0.3) is 0 Å². The van der Waals surface area contributed by atoms with E-state index in [-0.39, 0.29) is 17.1 Å². The van der Waals surface area contributed by atoms with Crippen LogP contribution in [0.3, 0.4) is 0 Å². The molecular weight excluding hydrogens is 262 g/mol. The molecule has 0 aromatic heterocycles. The van der Waals surface area contributed by atoms with Crippen molar-refractivity contribution in [1.82, 2.24) is 5.32 Å². The molecule has 2 fully saturated rings. The van der Waals surface area contributed by atoms with Crippen LogP contribution in [0.1, 0.15) is 51.9 Å². The lowest BCUT2D eigenvalue weighted by Gasteiger charge is -2.26. The van der Waals surface area contributed by atoms with Crippen LogP contribution >= 0.6 is 11.8 Å². The van der Waals surface area contributed by atoms with Crippen LogP contribution in [0.5, 0.6) is 0 Å². The highest BCUT2D eigenvalue weighted by molar-refractivity contribution is 8.00. The van der Waals surface area contributed by atoms with E-state index in [1.165, 1.54) is 6.42 Å². The van der Waals surface area contributed by atoms with Crippen LogP contribution in [0.2, 0.25) is 0 Å². The number of carbonyl (C=O) groups excluding carboxylic acids is 1. The summed E-state index contributed by atoms with van der Waals surface area (Å²) in [5, 5.41) is 12.3. The summed E-state index contributed by atoms with van der Waals surface area (Å²) < 4.78 is 0.141. The van der Waals surface area contributed by atoms with Gasteiger partial charge in [-0.05, 0) is 38.4 Å². The molecule has 1 heterocycles. The summed E-state index contributed by atoms with van der Waals surface area (Å²) in [4.78, 5) is 23.4. The van der Waals surface area contributed by atoms with Crippen LogP contribution in [0.25, 0.3) is 0 Å². The molecule has 5 heteroatoms. The summed E-state index contributed by atoms with van der Waals surface area (Å²) in [6, 6.07) is 0. The van der Waals surface area contributed by atoms with Crippen molar-refractivity contribution in [1.29, 1.82) is 0 Å². The number of amides is 1. The number of carbonyl (C=O) groups is 2. The van der Waals surface area contributed by atoms with Crippen LogP contribution in [0, 0.1) is 5.41 Å². The fourth-order valence-electron chi connectivity index (χ4n) is 3.15. The minimum atomic E-state index is -0.804. The Hall–Kier alpha value is -0.710. The maximum atomic E-state index is 12.0. The molecule has 4 nitrogen and oxygen atoms in total. The molecule has 2 N–H and O–H groups in total. The fourth-order valence-corrected chi connectivity index (χ4v) is 4.39. The standard InChI is InChI=1S/C14H23NO3S/c1-13(5-4-8-19-13)10-15-11(16)9-14(12(17)18)6-2-3-7-14/h2-10H2,1H3,(H,15,16)(H,17,18). The summed E-state index contributed by atoms with van der Waals surface area (Å²) in [6.45, 7) is 2.83. The van der Waals surface area contributed by atoms with Gasteiger partial charge >= 0.3 is 5.97 Å². The second kappa shape index (κ2) is 5.73. The normalized spacial score (nSPS) is 29.3. The van der Waals surface area contributed by atoms with Crippen LogP contribution < -0.4 is 5.32 Å². The molecule has 1 saturated carbocycles. The van der Waals surface area contributed by atoms with E-state index in [1.807, 2.05) is 11.8 Å². The van der Waals surface area contributed by atoms with Gasteiger partial charge in [-0.2, -0.15) is 11.8 Å². The van der Waals surface area contributed by atoms with Gasteiger partial charge in [-0.15, -0.1) is 0 Å². The van der Waals surface area contributed by atoms with Crippen molar-refractivity contribution in [2.75, 3.05) is 12.3 Å². The molecule has 0 radical (unpaired) electrons. The molecule has 2 aliphatic rings. The second-order valence-electron chi connectivity index (χ2n) is 6.15. The number of hydrogen-bond donors (Lipinski definition) is 2. The van der Waals surface area contributed by atoms with Crippen molar-refractivity contribution in [3.63, 3.8) is 0 Å². The van der Waals surface area contributed by atoms with Crippen molar-refractivity contribution in [3.8, 4) is 0 Å². The van der Waals surface area contributed by atoms with Crippen molar-refractivity contribution in [3.05, 3.63) is 0 Å². The number of aliphatic carboxylic acids is 1. The highest BCUT2D eigenvalue weighted by Crippen LogP contribution is 2.41. The summed E-state index contributed by atoms with van der Waals surface area (Å²) in [5.74, 6) is 0.255. The van der Waals surface area contributed by atoms with Gasteiger partial charge in [0, 0.05) is 17.7 Å². The monoisotopic (exact) mass is 285 g/mol. The molecule has 0 aromatic carbocycles. The first kappa shape index (κ1) is 14.7. The average Bonchev–Trinajstić information content (AvgIpc) is 2.98. The maximum Gasteiger partial charge on any atom is 0.310 e. The SMILES string of the molecule is CC1(CNC(=O)CC2(C(=O)O)CCCC2)CCCS1. The molecule has 0 aromatic rings. The Morgan fingerprint density at radius 2 is 1.89 bits per heavy atom. The topological polar surface area (TPSA) is 66.4 Å². The van der Waals surface area contributed by atoms with Crippen LogP contribution in [-0.2, 0) is 9.59 Å². The largest absolute Gasteiger partial charge is 0.481 e. The zero-order chi connectivity index (χ0) is 13.9. The van der Waals surface area contributed by atoms with Crippen LogP contribution in [0.4, 0.5) is 0 Å². The molecule has 19 heavy (non-hydrogen) atoms. The van der Waals surface area contributed by atoms with E-state index in [1.54, 1.807) is 0 Å². The Morgan fingerprint density at radius 1 is 1.21 bits per heavy atom. The lowest BCUT2D eigenvalue weighted by Crippen LogP contribution is -2.40. The molecule has 1 unspecified atom stereocenters. The Bertz CT molecular complexity index is 358. The fraction of sp³-hybridized carbons (Fsp3) is 0.857. The molecule has 1 aliphatic heterocycles. The third kappa shape index (κ3) is 3.44. The van der Waals surface area contributed by atoms with Crippen molar-refractivity contribution in [2.24, 2.45) is 5.41 Å². The summed E-state index contributed by atoms with van der Waals surface area (Å²) >= 11 is 1.90. The first-order valence-corrected chi connectivity index (χ1v) is 8.09. The van der Waals surface area contributed by atoms with Gasteiger partial charge in [0.1, 0.15) is 0 Å². The van der Waals surface area contributed by atoms with E-state index in [0.29, 0.717) is 19.4 Å². The zero-order valence-corrected chi connectivity index (χ0v) is 12.4. The number of carboxylic acid groups (broad SMARTS) is 1. The van der Waals surface area contributed by atoms with E-state index >= 15 is 0 Å². The molecule has 0 spiro atoms. The molecule has 1 aliphatic carbocycles. The predicted molar refractivity (Wildman–Crippen MR) is 76.3 cm³/mol. The summed E-state index contributed by atoms with van der Waals surface area (Å²) in [6.07, 6.45) is 5.60. The Kier molecular flexibility index (Phi) is 4.43. The lowest BCUT2D eigenvalue weighted by atomic mass is 9.82. The minimum Gasteiger partial charge on any atom is -0.481 e. The van der Waals surface area contributed by atoms with E-state index < -0.39 is 11.4 Å². The summed E-state index contributed by atoms with van der Waals surface area (Å²) in [5.41, 5.74) is -0.798. The number of thioether (sulfide) groups is 1. The molecule has 0 bridgehead atoms. The van der Waals surface area contributed by atoms with Crippen molar-refractivity contribution >= 4 is 23.6 Å². The number of carboxylic acids is 1. The van der Waals surface area contributed by atoms with Gasteiger partial charge < -0.3 is 10.4 Å².